The van der Waals surface area contributed by atoms with Crippen LogP contribution in [0.5, 0.6) is 0 Å². The zero-order valence-corrected chi connectivity index (χ0v) is 9.19. The molecular formula is C13H18N2. The third-order valence-electron chi connectivity index (χ3n) is 3.97. The zero-order valence-electron chi connectivity index (χ0n) is 9.19. The van der Waals surface area contributed by atoms with Gasteiger partial charge in [-0.25, -0.2) is 0 Å². The number of anilines is 1. The molecule has 15 heavy (non-hydrogen) atoms. The molecule has 2 heteroatoms. The Morgan fingerprint density at radius 1 is 1.40 bits per heavy atom. The lowest BCUT2D eigenvalue weighted by molar-refractivity contribution is 0.604. The van der Waals surface area contributed by atoms with Crippen LogP contribution in [0.25, 0.3) is 0 Å². The maximum absolute atomic E-state index is 5.89. The van der Waals surface area contributed by atoms with Crippen molar-refractivity contribution >= 4 is 5.69 Å². The van der Waals surface area contributed by atoms with Crippen LogP contribution in [0.4, 0.5) is 5.69 Å². The SMILES string of the molecule is Cc1ccccc1N1CC2CC2C1CN. The van der Waals surface area contributed by atoms with E-state index in [1.54, 1.807) is 0 Å². The monoisotopic (exact) mass is 202 g/mol. The number of benzene rings is 1. The van der Waals surface area contributed by atoms with Gasteiger partial charge in [0.25, 0.3) is 0 Å². The highest BCUT2D eigenvalue weighted by atomic mass is 15.2. The van der Waals surface area contributed by atoms with Crippen molar-refractivity contribution in [1.29, 1.82) is 0 Å². The van der Waals surface area contributed by atoms with Gasteiger partial charge in [-0.2, -0.15) is 0 Å². The van der Waals surface area contributed by atoms with Crippen molar-refractivity contribution in [2.75, 3.05) is 18.0 Å². The van der Waals surface area contributed by atoms with Crippen molar-refractivity contribution < 1.29 is 0 Å². The first kappa shape index (κ1) is 9.22. The maximum Gasteiger partial charge on any atom is 0.0444 e. The van der Waals surface area contributed by atoms with Gasteiger partial charge in [-0.1, -0.05) is 18.2 Å². The van der Waals surface area contributed by atoms with Crippen LogP contribution in [-0.2, 0) is 0 Å². The summed E-state index contributed by atoms with van der Waals surface area (Å²) >= 11 is 0. The predicted octanol–water partition coefficient (Wildman–Crippen LogP) is 1.78. The molecule has 0 aromatic heterocycles. The number of hydrogen-bond acceptors (Lipinski definition) is 2. The van der Waals surface area contributed by atoms with Gasteiger partial charge >= 0.3 is 0 Å². The molecule has 80 valence electrons. The summed E-state index contributed by atoms with van der Waals surface area (Å²) in [7, 11) is 0. The van der Waals surface area contributed by atoms with Gasteiger partial charge in [0.2, 0.25) is 0 Å². The predicted molar refractivity (Wildman–Crippen MR) is 63.0 cm³/mol. The average Bonchev–Trinajstić information content (AvgIpc) is 2.91. The summed E-state index contributed by atoms with van der Waals surface area (Å²) in [4.78, 5) is 2.52. The molecule has 2 fully saturated rings. The molecular weight excluding hydrogens is 184 g/mol. The topological polar surface area (TPSA) is 29.3 Å². The minimum absolute atomic E-state index is 0.594. The van der Waals surface area contributed by atoms with E-state index < -0.39 is 0 Å². The quantitative estimate of drug-likeness (QED) is 0.792. The molecule has 0 bridgehead atoms. The number of nitrogens with zero attached hydrogens (tertiary/aromatic N) is 1. The molecule has 2 N–H and O–H groups in total. The Balaban J connectivity index is 1.91. The van der Waals surface area contributed by atoms with Crippen LogP contribution in [0.3, 0.4) is 0 Å². The largest absolute Gasteiger partial charge is 0.366 e. The molecule has 2 aliphatic rings. The van der Waals surface area contributed by atoms with Crippen molar-refractivity contribution in [3.05, 3.63) is 29.8 Å². The van der Waals surface area contributed by atoms with E-state index in [0.717, 1.165) is 18.4 Å². The molecule has 3 atom stereocenters. The molecule has 2 nitrogen and oxygen atoms in total. The second-order valence-corrected chi connectivity index (χ2v) is 4.90. The van der Waals surface area contributed by atoms with Crippen LogP contribution in [0.2, 0.25) is 0 Å². The molecule has 1 aliphatic carbocycles. The Hall–Kier alpha value is -1.02. The summed E-state index contributed by atoms with van der Waals surface area (Å²) in [5.41, 5.74) is 8.65. The first-order chi connectivity index (χ1) is 7.31. The number of piperidine rings is 1. The van der Waals surface area contributed by atoms with Crippen LogP contribution in [0.1, 0.15) is 12.0 Å². The summed E-state index contributed by atoms with van der Waals surface area (Å²) in [6.45, 7) is 4.21. The van der Waals surface area contributed by atoms with E-state index in [0.29, 0.717) is 6.04 Å². The van der Waals surface area contributed by atoms with Crippen molar-refractivity contribution in [2.45, 2.75) is 19.4 Å². The Bertz CT molecular complexity index is 375. The van der Waals surface area contributed by atoms with E-state index in [4.69, 9.17) is 5.73 Å². The molecule has 0 spiro atoms. The van der Waals surface area contributed by atoms with Crippen LogP contribution in [-0.4, -0.2) is 19.1 Å². The number of rotatable bonds is 2. The van der Waals surface area contributed by atoms with Crippen molar-refractivity contribution in [3.63, 3.8) is 0 Å². The second-order valence-electron chi connectivity index (χ2n) is 4.90. The molecule has 3 unspecified atom stereocenters. The second kappa shape index (κ2) is 3.24. The number of fused-ring (bicyclic) bond motifs is 1. The van der Waals surface area contributed by atoms with Gasteiger partial charge in [-0.05, 0) is 36.8 Å². The average molecular weight is 202 g/mol. The van der Waals surface area contributed by atoms with Crippen LogP contribution < -0.4 is 10.6 Å². The van der Waals surface area contributed by atoms with Crippen molar-refractivity contribution in [3.8, 4) is 0 Å². The molecule has 1 saturated carbocycles. The molecule has 0 amide bonds. The lowest BCUT2D eigenvalue weighted by Crippen LogP contribution is -2.39. The van der Waals surface area contributed by atoms with E-state index in [2.05, 4.69) is 36.1 Å². The fourth-order valence-electron chi connectivity index (χ4n) is 3.04. The Kier molecular flexibility index (Phi) is 1.99. The number of nitrogens with two attached hydrogens (primary N) is 1. The van der Waals surface area contributed by atoms with Crippen molar-refractivity contribution in [2.24, 2.45) is 17.6 Å². The third kappa shape index (κ3) is 1.36. The van der Waals surface area contributed by atoms with E-state index in [1.165, 1.54) is 24.2 Å². The highest BCUT2D eigenvalue weighted by Gasteiger charge is 2.51. The highest BCUT2D eigenvalue weighted by molar-refractivity contribution is 5.56. The number of para-hydroxylation sites is 1. The molecule has 0 radical (unpaired) electrons. The molecule has 1 saturated heterocycles. The zero-order chi connectivity index (χ0) is 10.4. The van der Waals surface area contributed by atoms with E-state index in [9.17, 15) is 0 Å². The lowest BCUT2D eigenvalue weighted by Gasteiger charge is -2.30. The Labute approximate surface area is 91.1 Å². The van der Waals surface area contributed by atoms with E-state index in [1.807, 2.05) is 0 Å². The maximum atomic E-state index is 5.89. The normalized spacial score (nSPS) is 32.9. The first-order valence-corrected chi connectivity index (χ1v) is 5.83. The van der Waals surface area contributed by atoms with Gasteiger partial charge in [-0.3, -0.25) is 0 Å². The van der Waals surface area contributed by atoms with Crippen LogP contribution >= 0.6 is 0 Å². The lowest BCUT2D eigenvalue weighted by atomic mass is 10.1. The highest BCUT2D eigenvalue weighted by Crippen LogP contribution is 2.50. The van der Waals surface area contributed by atoms with Crippen molar-refractivity contribution in [1.82, 2.24) is 0 Å². The fourth-order valence-corrected chi connectivity index (χ4v) is 3.04. The fraction of sp³-hybridized carbons (Fsp3) is 0.538. The van der Waals surface area contributed by atoms with Crippen LogP contribution in [0.15, 0.2) is 24.3 Å². The van der Waals surface area contributed by atoms with Gasteiger partial charge in [0, 0.05) is 24.8 Å². The Morgan fingerprint density at radius 3 is 2.93 bits per heavy atom. The molecule has 1 aromatic rings. The van der Waals surface area contributed by atoms with Gasteiger partial charge in [-0.15, -0.1) is 0 Å². The standard InChI is InChI=1S/C13H18N2/c1-9-4-2-3-5-12(9)15-8-10-6-11(10)13(15)7-14/h2-5,10-11,13H,6-8,14H2,1H3. The van der Waals surface area contributed by atoms with Gasteiger partial charge in [0.1, 0.15) is 0 Å². The smallest absolute Gasteiger partial charge is 0.0444 e. The molecule has 1 aromatic carbocycles. The summed E-state index contributed by atoms with van der Waals surface area (Å²) in [5.74, 6) is 1.81. The summed E-state index contributed by atoms with van der Waals surface area (Å²) in [5, 5.41) is 0. The summed E-state index contributed by atoms with van der Waals surface area (Å²) < 4.78 is 0. The molecule has 1 aliphatic heterocycles. The van der Waals surface area contributed by atoms with E-state index in [-0.39, 0.29) is 0 Å². The van der Waals surface area contributed by atoms with Crippen LogP contribution in [0, 0.1) is 18.8 Å². The number of hydrogen-bond donors (Lipinski definition) is 1. The van der Waals surface area contributed by atoms with Gasteiger partial charge in [0.05, 0.1) is 0 Å². The van der Waals surface area contributed by atoms with E-state index >= 15 is 0 Å². The van der Waals surface area contributed by atoms with Gasteiger partial charge < -0.3 is 10.6 Å². The van der Waals surface area contributed by atoms with Gasteiger partial charge in [0.15, 0.2) is 0 Å². The first-order valence-electron chi connectivity index (χ1n) is 5.83. The molecule has 1 heterocycles. The minimum atomic E-state index is 0.594. The Morgan fingerprint density at radius 2 is 2.20 bits per heavy atom. The summed E-state index contributed by atoms with van der Waals surface area (Å²) in [6.07, 6.45) is 1.41. The number of aryl methyl sites for hydroxylation is 1. The molecule has 3 rings (SSSR count). The summed E-state index contributed by atoms with van der Waals surface area (Å²) in [6, 6.07) is 9.24. The third-order valence-corrected chi connectivity index (χ3v) is 3.97. The minimum Gasteiger partial charge on any atom is -0.366 e.